The van der Waals surface area contributed by atoms with Crippen LogP contribution in [0.5, 0.6) is 0 Å². The predicted octanol–water partition coefficient (Wildman–Crippen LogP) is 3.24. The summed E-state index contributed by atoms with van der Waals surface area (Å²) in [6.07, 6.45) is -3.80. The van der Waals surface area contributed by atoms with Gasteiger partial charge in [-0.05, 0) is 18.2 Å². The van der Waals surface area contributed by atoms with Gasteiger partial charge in [0, 0.05) is 26.7 Å². The number of halogens is 5. The summed E-state index contributed by atoms with van der Waals surface area (Å²) in [6, 6.07) is 3.41. The van der Waals surface area contributed by atoms with Crippen LogP contribution in [0, 0.1) is 0 Å². The van der Waals surface area contributed by atoms with E-state index in [1.165, 1.54) is 30.0 Å². The number of hydrogen-bond donors (Lipinski definition) is 3. The molecular formula is C21H14Cl2F3N5O6S2. The van der Waals surface area contributed by atoms with Crippen molar-refractivity contribution in [2.45, 2.75) is 24.2 Å². The molecule has 2 aliphatic heterocycles. The van der Waals surface area contributed by atoms with Crippen LogP contribution in [0.3, 0.4) is 0 Å². The van der Waals surface area contributed by atoms with E-state index in [2.05, 4.69) is 15.5 Å². The largest absolute Gasteiger partial charge is 0.477 e. The molecule has 1 aromatic carbocycles. The highest BCUT2D eigenvalue weighted by Crippen LogP contribution is 2.37. The minimum Gasteiger partial charge on any atom is -0.477 e. The number of nitrogens with zero attached hydrogens (tertiary/aromatic N) is 3. The number of oxime groups is 1. The number of alkyl halides is 3. The molecule has 3 heterocycles. The third kappa shape index (κ3) is 6.29. The molecule has 18 heteroatoms. The number of carbonyl (C=O) groups is 4. The van der Waals surface area contributed by atoms with Crippen molar-refractivity contribution in [3.8, 4) is 0 Å². The molecule has 1 fully saturated rings. The molecule has 0 bridgehead atoms. The Balaban J connectivity index is 1.55. The van der Waals surface area contributed by atoms with E-state index in [0.29, 0.717) is 21.9 Å². The van der Waals surface area contributed by atoms with E-state index < -0.39 is 52.1 Å². The molecule has 0 radical (unpaired) electrons. The second-order valence-electron chi connectivity index (χ2n) is 7.72. The monoisotopic (exact) mass is 623 g/mol. The zero-order valence-corrected chi connectivity index (χ0v) is 22.1. The molecule has 4 rings (SSSR count). The number of benzene rings is 1. The smallest absolute Gasteiger partial charge is 0.471 e. The average Bonchev–Trinajstić information content (AvgIpc) is 3.32. The molecule has 2 aromatic rings. The topological polar surface area (TPSA) is 150 Å². The molecule has 2 atom stereocenters. The van der Waals surface area contributed by atoms with Gasteiger partial charge >= 0.3 is 18.1 Å². The van der Waals surface area contributed by atoms with E-state index in [1.54, 1.807) is 11.4 Å². The number of anilines is 1. The first-order chi connectivity index (χ1) is 18.4. The Bertz CT molecular complexity index is 1420. The lowest BCUT2D eigenvalue weighted by Crippen LogP contribution is -2.70. The Labute approximate surface area is 235 Å². The highest BCUT2D eigenvalue weighted by Gasteiger charge is 2.53. The number of thioether (sulfide) groups is 1. The van der Waals surface area contributed by atoms with Crippen molar-refractivity contribution >= 4 is 80.8 Å². The van der Waals surface area contributed by atoms with Crippen molar-refractivity contribution in [2.75, 3.05) is 11.1 Å². The Morgan fingerprint density at radius 3 is 2.69 bits per heavy atom. The fourth-order valence-corrected chi connectivity index (χ4v) is 5.71. The number of β-lactam (4-membered cyclic amide) rings is 1. The van der Waals surface area contributed by atoms with Crippen molar-refractivity contribution in [3.05, 3.63) is 56.7 Å². The molecule has 206 valence electrons. The van der Waals surface area contributed by atoms with Crippen LogP contribution in [-0.2, 0) is 30.6 Å². The standard InChI is InChI=1S/C21H14Cl2F3N5O6S2/c22-9-2-1-8(10(23)5-9)6-37-30-13(11-7-39-20(27-11)29-19(36)21(24,25)26)15(32)28-14-16(33)31-12(18(34)35)3-4-38-17(14)31/h1-3,5,7,14,17H,4,6H2,(H,28,32)(H,34,35)(H,27,29,36)/t14?,17-/m0/s1. The van der Waals surface area contributed by atoms with E-state index >= 15 is 0 Å². The highest BCUT2D eigenvalue weighted by atomic mass is 35.5. The number of rotatable bonds is 8. The molecule has 0 aliphatic carbocycles. The van der Waals surface area contributed by atoms with Gasteiger partial charge in [0.15, 0.2) is 10.8 Å². The van der Waals surface area contributed by atoms with E-state index in [1.807, 2.05) is 0 Å². The van der Waals surface area contributed by atoms with Gasteiger partial charge in [-0.1, -0.05) is 34.4 Å². The van der Waals surface area contributed by atoms with E-state index in [9.17, 15) is 37.5 Å². The second-order valence-corrected chi connectivity index (χ2v) is 10.6. The zero-order chi connectivity index (χ0) is 28.5. The zero-order valence-electron chi connectivity index (χ0n) is 19.0. The molecule has 1 saturated heterocycles. The summed E-state index contributed by atoms with van der Waals surface area (Å²) in [5.41, 5.74) is -0.554. The summed E-state index contributed by atoms with van der Waals surface area (Å²) in [7, 11) is 0. The van der Waals surface area contributed by atoms with E-state index in [0.717, 1.165) is 10.3 Å². The number of carboxylic acid groups (broad SMARTS) is 1. The third-order valence-corrected chi connectivity index (χ3v) is 7.71. The SMILES string of the molecule is O=C(O)C1=CCS[C@H]2C(NC(=O)C(=NOCc3ccc(Cl)cc3Cl)c3csc(NC(=O)C(F)(F)F)n3)C(=O)N12. The lowest BCUT2D eigenvalue weighted by atomic mass is 10.0. The van der Waals surface area contributed by atoms with Crippen molar-refractivity contribution in [3.63, 3.8) is 0 Å². The van der Waals surface area contributed by atoms with Crippen LogP contribution in [0.15, 0.2) is 40.5 Å². The van der Waals surface area contributed by atoms with Gasteiger partial charge in [-0.2, -0.15) is 13.2 Å². The summed E-state index contributed by atoms with van der Waals surface area (Å²) in [5, 5.41) is 17.7. The molecule has 1 aromatic heterocycles. The highest BCUT2D eigenvalue weighted by molar-refractivity contribution is 8.00. The van der Waals surface area contributed by atoms with Gasteiger partial charge < -0.3 is 15.3 Å². The van der Waals surface area contributed by atoms with Crippen LogP contribution in [0.25, 0.3) is 0 Å². The number of nitrogens with one attached hydrogen (secondary N) is 2. The molecule has 3 amide bonds. The summed E-state index contributed by atoms with van der Waals surface area (Å²) in [5.74, 6) is -4.95. The van der Waals surface area contributed by atoms with Crippen LogP contribution in [0.1, 0.15) is 11.3 Å². The number of fused-ring (bicyclic) bond motifs is 1. The second kappa shape index (κ2) is 11.4. The molecule has 1 unspecified atom stereocenters. The number of aliphatic carboxylic acids is 1. The van der Waals surface area contributed by atoms with Gasteiger partial charge in [-0.25, -0.2) is 9.78 Å². The number of amides is 3. The predicted molar refractivity (Wildman–Crippen MR) is 135 cm³/mol. The molecule has 3 N–H and O–H groups in total. The number of aromatic nitrogens is 1. The molecule has 0 saturated carbocycles. The van der Waals surface area contributed by atoms with E-state index in [4.69, 9.17) is 28.0 Å². The number of carbonyl (C=O) groups excluding carboxylic acids is 3. The first kappa shape index (κ1) is 28.7. The first-order valence-corrected chi connectivity index (χ1v) is 13.2. The summed E-state index contributed by atoms with van der Waals surface area (Å²) >= 11 is 13.8. The van der Waals surface area contributed by atoms with Crippen LogP contribution >= 0.6 is 46.3 Å². The molecule has 0 spiro atoms. The van der Waals surface area contributed by atoms with Gasteiger partial charge in [-0.3, -0.25) is 24.6 Å². The normalized spacial score (nSPS) is 19.0. The van der Waals surface area contributed by atoms with Crippen molar-refractivity contribution in [1.82, 2.24) is 15.2 Å². The summed E-state index contributed by atoms with van der Waals surface area (Å²) in [4.78, 5) is 58.5. The van der Waals surface area contributed by atoms with Crippen LogP contribution in [0.4, 0.5) is 18.3 Å². The lowest BCUT2D eigenvalue weighted by Gasteiger charge is -2.48. The lowest BCUT2D eigenvalue weighted by molar-refractivity contribution is -0.167. The number of hydrogen-bond acceptors (Lipinski definition) is 9. The maximum absolute atomic E-state index is 13.1. The summed E-state index contributed by atoms with van der Waals surface area (Å²) in [6.45, 7) is -0.240. The fourth-order valence-electron chi connectivity index (χ4n) is 3.37. The van der Waals surface area contributed by atoms with Gasteiger partial charge in [0.05, 0.1) is 0 Å². The minimum atomic E-state index is -5.17. The van der Waals surface area contributed by atoms with Crippen LogP contribution < -0.4 is 10.6 Å². The van der Waals surface area contributed by atoms with E-state index in [-0.39, 0.29) is 28.8 Å². The quantitative estimate of drug-likeness (QED) is 0.230. The first-order valence-electron chi connectivity index (χ1n) is 10.5. The fraction of sp³-hybridized carbons (Fsp3) is 0.238. The van der Waals surface area contributed by atoms with Crippen molar-refractivity contribution in [1.29, 1.82) is 0 Å². The molecule has 11 nitrogen and oxygen atoms in total. The third-order valence-electron chi connectivity index (χ3n) is 5.18. The number of thiazole rings is 1. The Hall–Kier alpha value is -3.34. The molecular weight excluding hydrogens is 610 g/mol. The molecule has 2 aliphatic rings. The van der Waals surface area contributed by atoms with Crippen molar-refractivity contribution in [2.24, 2.45) is 5.16 Å². The minimum absolute atomic E-state index is 0.212. The van der Waals surface area contributed by atoms with Crippen molar-refractivity contribution < 1.29 is 42.3 Å². The maximum atomic E-state index is 13.1. The number of carboxylic acids is 1. The Kier molecular flexibility index (Phi) is 8.39. The Morgan fingerprint density at radius 2 is 2.03 bits per heavy atom. The van der Waals surface area contributed by atoms with Gasteiger partial charge in [0.25, 0.3) is 11.8 Å². The van der Waals surface area contributed by atoms with Crippen LogP contribution in [-0.4, -0.2) is 67.7 Å². The Morgan fingerprint density at radius 1 is 1.28 bits per heavy atom. The van der Waals surface area contributed by atoms with Gasteiger partial charge in [0.2, 0.25) is 0 Å². The van der Waals surface area contributed by atoms with Gasteiger partial charge in [0.1, 0.15) is 29.4 Å². The molecule has 39 heavy (non-hydrogen) atoms. The summed E-state index contributed by atoms with van der Waals surface area (Å²) < 4.78 is 37.8. The average molecular weight is 624 g/mol. The van der Waals surface area contributed by atoms with Crippen LogP contribution in [0.2, 0.25) is 10.0 Å². The van der Waals surface area contributed by atoms with Gasteiger partial charge in [-0.15, -0.1) is 23.1 Å². The maximum Gasteiger partial charge on any atom is 0.471 e.